The molecule has 2 N–H and O–H groups in total. The number of methoxy groups -OCH3 is 1. The molecule has 0 bridgehead atoms. The van der Waals surface area contributed by atoms with Crippen molar-refractivity contribution in [2.75, 3.05) is 19.5 Å². The number of aromatic amines is 1. The molecule has 0 saturated heterocycles. The van der Waals surface area contributed by atoms with Gasteiger partial charge in [0.1, 0.15) is 5.75 Å². The zero-order valence-electron chi connectivity index (χ0n) is 15.6. The molecule has 2 aromatic heterocycles. The Kier molecular flexibility index (Phi) is 3.41. The van der Waals surface area contributed by atoms with Gasteiger partial charge in [0.2, 0.25) is 0 Å². The topological polar surface area (TPSA) is 42.0 Å². The van der Waals surface area contributed by atoms with Crippen molar-refractivity contribution in [2.24, 2.45) is 7.05 Å². The zero-order chi connectivity index (χ0) is 18.5. The highest BCUT2D eigenvalue weighted by atomic mass is 16.5. The fourth-order valence-electron chi connectivity index (χ4n) is 4.17. The van der Waals surface area contributed by atoms with E-state index in [9.17, 15) is 0 Å². The second kappa shape index (κ2) is 5.81. The van der Waals surface area contributed by atoms with Crippen LogP contribution in [0.25, 0.3) is 43.7 Å². The van der Waals surface area contributed by atoms with Crippen LogP contribution in [-0.2, 0) is 7.05 Å². The lowest BCUT2D eigenvalue weighted by molar-refractivity contribution is 0.416. The fraction of sp³-hybridized carbons (Fsp3) is 0.130. The standard InChI is InChI=1S/C23H21N3O/c1-24-14-8-9-20-17(10-14)23-19-13-25-12-18(19)16(11-21(23)26(20)2)15-6-4-5-7-22(15)27-3/h4-13,24-25H,1-3H3. The summed E-state index contributed by atoms with van der Waals surface area (Å²) in [6.45, 7) is 0. The molecule has 0 aliphatic rings. The van der Waals surface area contributed by atoms with Crippen molar-refractivity contribution >= 4 is 38.3 Å². The number of nitrogens with one attached hydrogen (secondary N) is 2. The SMILES string of the molecule is CNc1ccc2c(c1)c1c3c[nH]cc3c(-c3ccccc3OC)cc1n2C. The number of ether oxygens (including phenoxy) is 1. The molecule has 27 heavy (non-hydrogen) atoms. The minimum Gasteiger partial charge on any atom is -0.496 e. The van der Waals surface area contributed by atoms with Gasteiger partial charge in [0.25, 0.3) is 0 Å². The average Bonchev–Trinajstić information content (AvgIpc) is 3.30. The van der Waals surface area contributed by atoms with Crippen LogP contribution in [0.15, 0.2) is 60.9 Å². The van der Waals surface area contributed by atoms with E-state index in [4.69, 9.17) is 4.74 Å². The average molecular weight is 355 g/mol. The first-order chi connectivity index (χ1) is 13.2. The molecule has 2 heterocycles. The normalized spacial score (nSPS) is 11.5. The van der Waals surface area contributed by atoms with E-state index in [-0.39, 0.29) is 0 Å². The number of benzene rings is 3. The van der Waals surface area contributed by atoms with E-state index < -0.39 is 0 Å². The largest absolute Gasteiger partial charge is 0.496 e. The minimum absolute atomic E-state index is 0.885. The molecule has 0 atom stereocenters. The van der Waals surface area contributed by atoms with Gasteiger partial charge in [-0.3, -0.25) is 0 Å². The summed E-state index contributed by atoms with van der Waals surface area (Å²) in [5, 5.41) is 8.22. The van der Waals surface area contributed by atoms with Crippen molar-refractivity contribution in [3.05, 3.63) is 60.9 Å². The molecule has 4 heteroatoms. The van der Waals surface area contributed by atoms with Gasteiger partial charge in [-0.05, 0) is 35.9 Å². The van der Waals surface area contributed by atoms with E-state index in [1.165, 1.54) is 38.1 Å². The molecule has 0 amide bonds. The summed E-state index contributed by atoms with van der Waals surface area (Å²) in [7, 11) is 5.81. The second-order valence-electron chi connectivity index (χ2n) is 6.84. The van der Waals surface area contributed by atoms with E-state index in [1.807, 2.05) is 19.2 Å². The Morgan fingerprint density at radius 3 is 2.52 bits per heavy atom. The number of para-hydroxylation sites is 1. The third kappa shape index (κ3) is 2.16. The minimum atomic E-state index is 0.885. The molecule has 0 unspecified atom stereocenters. The lowest BCUT2D eigenvalue weighted by Crippen LogP contribution is -1.90. The van der Waals surface area contributed by atoms with Gasteiger partial charge in [-0.15, -0.1) is 0 Å². The van der Waals surface area contributed by atoms with Gasteiger partial charge < -0.3 is 19.6 Å². The highest BCUT2D eigenvalue weighted by molar-refractivity contribution is 6.24. The summed E-state index contributed by atoms with van der Waals surface area (Å²) in [4.78, 5) is 3.31. The van der Waals surface area contributed by atoms with Gasteiger partial charge in [0.15, 0.2) is 0 Å². The predicted molar refractivity (Wildman–Crippen MR) is 114 cm³/mol. The summed E-state index contributed by atoms with van der Waals surface area (Å²) in [5.41, 5.74) is 5.84. The number of aryl methyl sites for hydroxylation is 1. The van der Waals surface area contributed by atoms with E-state index in [1.54, 1.807) is 7.11 Å². The molecule has 0 fully saturated rings. The molecule has 5 aromatic rings. The first kappa shape index (κ1) is 15.8. The maximum atomic E-state index is 5.63. The van der Waals surface area contributed by atoms with Crippen LogP contribution in [0.4, 0.5) is 5.69 Å². The van der Waals surface area contributed by atoms with Crippen LogP contribution in [0.5, 0.6) is 5.75 Å². The van der Waals surface area contributed by atoms with Crippen molar-refractivity contribution in [3.63, 3.8) is 0 Å². The molecule has 0 radical (unpaired) electrons. The predicted octanol–water partition coefficient (Wildman–Crippen LogP) is 5.53. The zero-order valence-corrected chi connectivity index (χ0v) is 15.6. The molecular formula is C23H21N3O. The van der Waals surface area contributed by atoms with E-state index in [0.717, 1.165) is 17.0 Å². The monoisotopic (exact) mass is 355 g/mol. The Balaban J connectivity index is 1.96. The number of rotatable bonds is 3. The molecule has 3 aromatic carbocycles. The summed E-state index contributed by atoms with van der Waals surface area (Å²) in [6, 6.07) is 17.0. The van der Waals surface area contributed by atoms with Gasteiger partial charge in [-0.2, -0.15) is 0 Å². The highest BCUT2D eigenvalue weighted by Gasteiger charge is 2.17. The van der Waals surface area contributed by atoms with Crippen molar-refractivity contribution in [2.45, 2.75) is 0 Å². The molecule has 0 aliphatic heterocycles. The molecule has 0 spiro atoms. The van der Waals surface area contributed by atoms with Gasteiger partial charge >= 0.3 is 0 Å². The third-order valence-corrected chi connectivity index (χ3v) is 5.52. The summed E-state index contributed by atoms with van der Waals surface area (Å²) < 4.78 is 7.90. The Morgan fingerprint density at radius 1 is 0.889 bits per heavy atom. The Morgan fingerprint density at radius 2 is 1.70 bits per heavy atom. The summed E-state index contributed by atoms with van der Waals surface area (Å²) >= 11 is 0. The smallest absolute Gasteiger partial charge is 0.126 e. The quantitative estimate of drug-likeness (QED) is 0.447. The maximum Gasteiger partial charge on any atom is 0.126 e. The fourth-order valence-corrected chi connectivity index (χ4v) is 4.17. The molecule has 0 saturated carbocycles. The van der Waals surface area contributed by atoms with E-state index in [2.05, 4.69) is 70.7 Å². The van der Waals surface area contributed by atoms with Crippen LogP contribution in [-0.4, -0.2) is 23.7 Å². The molecule has 5 rings (SSSR count). The van der Waals surface area contributed by atoms with Gasteiger partial charge in [0.05, 0.1) is 12.6 Å². The first-order valence-corrected chi connectivity index (χ1v) is 9.05. The van der Waals surface area contributed by atoms with Crippen LogP contribution in [0.3, 0.4) is 0 Å². The lowest BCUT2D eigenvalue weighted by Gasteiger charge is -2.11. The number of aromatic nitrogens is 2. The number of hydrogen-bond acceptors (Lipinski definition) is 2. The van der Waals surface area contributed by atoms with Crippen LogP contribution < -0.4 is 10.1 Å². The Hall–Kier alpha value is -3.40. The van der Waals surface area contributed by atoms with E-state index in [0.29, 0.717) is 0 Å². The number of nitrogens with zero attached hydrogens (tertiary/aromatic N) is 1. The van der Waals surface area contributed by atoms with Crippen molar-refractivity contribution < 1.29 is 4.74 Å². The second-order valence-corrected chi connectivity index (χ2v) is 6.84. The van der Waals surface area contributed by atoms with Crippen molar-refractivity contribution in [1.82, 2.24) is 9.55 Å². The van der Waals surface area contributed by atoms with Crippen LogP contribution in [0, 0.1) is 0 Å². The van der Waals surface area contributed by atoms with Crippen molar-refractivity contribution in [3.8, 4) is 16.9 Å². The number of anilines is 1. The van der Waals surface area contributed by atoms with Crippen molar-refractivity contribution in [1.29, 1.82) is 0 Å². The molecule has 0 aliphatic carbocycles. The summed E-state index contributed by atoms with van der Waals surface area (Å²) in [6.07, 6.45) is 4.18. The van der Waals surface area contributed by atoms with Gasteiger partial charge in [-0.1, -0.05) is 18.2 Å². The first-order valence-electron chi connectivity index (χ1n) is 9.05. The van der Waals surface area contributed by atoms with Gasteiger partial charge in [0, 0.05) is 64.8 Å². The van der Waals surface area contributed by atoms with Gasteiger partial charge in [-0.25, -0.2) is 0 Å². The molecular weight excluding hydrogens is 334 g/mol. The Bertz CT molecular complexity index is 1310. The Labute approximate surface area is 157 Å². The molecule has 134 valence electrons. The van der Waals surface area contributed by atoms with E-state index >= 15 is 0 Å². The number of H-pyrrole nitrogens is 1. The van der Waals surface area contributed by atoms with Crippen LogP contribution in [0.2, 0.25) is 0 Å². The van der Waals surface area contributed by atoms with Crippen LogP contribution in [0.1, 0.15) is 0 Å². The number of fused-ring (bicyclic) bond motifs is 5. The maximum absolute atomic E-state index is 5.63. The summed E-state index contributed by atoms with van der Waals surface area (Å²) in [5.74, 6) is 0.885. The number of hydrogen-bond donors (Lipinski definition) is 2. The highest BCUT2D eigenvalue weighted by Crippen LogP contribution is 2.42. The lowest BCUT2D eigenvalue weighted by atomic mass is 9.97. The molecule has 4 nitrogen and oxygen atoms in total. The third-order valence-electron chi connectivity index (χ3n) is 5.52. The van der Waals surface area contributed by atoms with Crippen LogP contribution >= 0.6 is 0 Å².